The van der Waals surface area contributed by atoms with Crippen LogP contribution in [0.1, 0.15) is 59.3 Å². The fraction of sp³-hybridized carbons (Fsp3) is 0.727. The van der Waals surface area contributed by atoms with Crippen LogP contribution in [0.15, 0.2) is 29.0 Å². The van der Waals surface area contributed by atoms with E-state index >= 15 is 0 Å². The maximum atomic E-state index is 11.0. The molecule has 2 N–H and O–H groups in total. The van der Waals surface area contributed by atoms with Crippen molar-refractivity contribution in [3.8, 4) is 0 Å². The van der Waals surface area contributed by atoms with Crippen LogP contribution >= 0.6 is 0 Å². The minimum absolute atomic E-state index is 0.0323. The minimum atomic E-state index is -1.02. The molecule has 0 radical (unpaired) electrons. The molecule has 148 valence electrons. The number of fused-ring (bicyclic) bond motifs is 5. The summed E-state index contributed by atoms with van der Waals surface area (Å²) in [4.78, 5) is 15.5. The molecule has 0 saturated heterocycles. The molecule has 3 saturated carbocycles. The Hall–Kier alpha value is -1.62. The van der Waals surface area contributed by atoms with Crippen LogP contribution < -0.4 is 0 Å². The Bertz CT molecular complexity index is 737. The van der Waals surface area contributed by atoms with E-state index in [1.807, 2.05) is 13.0 Å². The second-order valence-corrected chi connectivity index (χ2v) is 9.65. The van der Waals surface area contributed by atoms with E-state index in [-0.39, 0.29) is 10.8 Å². The summed E-state index contributed by atoms with van der Waals surface area (Å²) in [6.45, 7) is 6.29. The Labute approximate surface area is 161 Å². The smallest absolute Gasteiger partial charge is 0.344 e. The molecule has 5 nitrogen and oxygen atoms in total. The standard InChI is InChI=1S/C22H31NO4/c1-20-9-6-15(23-27-13-19(24)25)12-14(20)4-5-16-17(20)7-10-21(2)18(16)8-11-22(21,3)26/h6,9,12,16-18,26H,4-5,7-8,10-11,13H2,1-3H3,(H,24,25)/b23-15+/t16?,17?,18?,20-,21-,22-/m0/s1. The van der Waals surface area contributed by atoms with Crippen LogP contribution in [0, 0.1) is 28.6 Å². The van der Waals surface area contributed by atoms with Gasteiger partial charge in [0.15, 0.2) is 0 Å². The zero-order valence-electron chi connectivity index (χ0n) is 16.6. The number of oxime groups is 1. The number of aliphatic carboxylic acids is 1. The van der Waals surface area contributed by atoms with Crippen molar-refractivity contribution in [3.05, 3.63) is 23.8 Å². The molecule has 3 fully saturated rings. The Morgan fingerprint density at radius 1 is 1.22 bits per heavy atom. The fourth-order valence-corrected chi connectivity index (χ4v) is 6.67. The van der Waals surface area contributed by atoms with Gasteiger partial charge in [0.25, 0.3) is 0 Å². The molecule has 0 heterocycles. The first kappa shape index (κ1) is 18.7. The summed E-state index contributed by atoms with van der Waals surface area (Å²) < 4.78 is 0. The van der Waals surface area contributed by atoms with E-state index in [9.17, 15) is 9.90 Å². The number of carboxylic acid groups (broad SMARTS) is 1. The Morgan fingerprint density at radius 3 is 2.70 bits per heavy atom. The molecule has 3 unspecified atom stereocenters. The highest BCUT2D eigenvalue weighted by Crippen LogP contribution is 2.66. The summed E-state index contributed by atoms with van der Waals surface area (Å²) in [7, 11) is 0. The lowest BCUT2D eigenvalue weighted by molar-refractivity contribution is -0.142. The second kappa shape index (κ2) is 6.20. The first-order chi connectivity index (χ1) is 12.7. The lowest BCUT2D eigenvalue weighted by atomic mass is 9.47. The van der Waals surface area contributed by atoms with Crippen LogP contribution in [0.3, 0.4) is 0 Å². The van der Waals surface area contributed by atoms with Crippen molar-refractivity contribution < 1.29 is 19.8 Å². The lowest BCUT2D eigenvalue weighted by Crippen LogP contribution is -2.53. The molecule has 0 aliphatic heterocycles. The van der Waals surface area contributed by atoms with Gasteiger partial charge in [-0.25, -0.2) is 4.79 Å². The molecule has 5 heteroatoms. The topological polar surface area (TPSA) is 79.1 Å². The van der Waals surface area contributed by atoms with Crippen molar-refractivity contribution in [2.24, 2.45) is 33.7 Å². The summed E-state index contributed by atoms with van der Waals surface area (Å²) >= 11 is 0. The van der Waals surface area contributed by atoms with E-state index in [1.165, 1.54) is 12.0 Å². The van der Waals surface area contributed by atoms with Gasteiger partial charge in [-0.15, -0.1) is 0 Å². The van der Waals surface area contributed by atoms with E-state index < -0.39 is 18.2 Å². The van der Waals surface area contributed by atoms with E-state index in [2.05, 4.69) is 31.2 Å². The molecule has 4 aliphatic carbocycles. The van der Waals surface area contributed by atoms with Crippen LogP contribution in [0.2, 0.25) is 0 Å². The third-order valence-corrected chi connectivity index (χ3v) is 8.49. The van der Waals surface area contributed by atoms with Crippen LogP contribution in [0.25, 0.3) is 0 Å². The van der Waals surface area contributed by atoms with Gasteiger partial charge in [0.1, 0.15) is 5.71 Å². The van der Waals surface area contributed by atoms with E-state index in [4.69, 9.17) is 9.94 Å². The number of carboxylic acids is 1. The monoisotopic (exact) mass is 373 g/mol. The summed E-state index contributed by atoms with van der Waals surface area (Å²) in [5.41, 5.74) is 1.62. The third kappa shape index (κ3) is 2.77. The van der Waals surface area contributed by atoms with Crippen LogP contribution in [0.4, 0.5) is 0 Å². The molecular weight excluding hydrogens is 342 g/mol. The van der Waals surface area contributed by atoms with Gasteiger partial charge in [0.05, 0.1) is 5.60 Å². The maximum absolute atomic E-state index is 11.0. The number of rotatable bonds is 3. The zero-order valence-corrected chi connectivity index (χ0v) is 16.6. The van der Waals surface area contributed by atoms with Crippen molar-refractivity contribution in [3.63, 3.8) is 0 Å². The largest absolute Gasteiger partial charge is 0.479 e. The summed E-state index contributed by atoms with van der Waals surface area (Å²) in [5, 5.41) is 23.7. The molecule has 0 aromatic heterocycles. The Balaban J connectivity index is 1.57. The molecule has 0 aromatic rings. The second-order valence-electron chi connectivity index (χ2n) is 9.65. The number of allylic oxidation sites excluding steroid dienone is 4. The van der Waals surface area contributed by atoms with Gasteiger partial charge < -0.3 is 15.1 Å². The van der Waals surface area contributed by atoms with Gasteiger partial charge in [-0.3, -0.25) is 0 Å². The number of hydrogen-bond acceptors (Lipinski definition) is 4. The first-order valence-electron chi connectivity index (χ1n) is 10.2. The highest BCUT2D eigenvalue weighted by Gasteiger charge is 2.61. The minimum Gasteiger partial charge on any atom is -0.479 e. The Morgan fingerprint density at radius 2 is 1.96 bits per heavy atom. The maximum Gasteiger partial charge on any atom is 0.344 e. The summed E-state index contributed by atoms with van der Waals surface area (Å²) in [6, 6.07) is 0. The van der Waals surface area contributed by atoms with E-state index in [1.54, 1.807) is 0 Å². The number of hydrogen-bond donors (Lipinski definition) is 2. The van der Waals surface area contributed by atoms with Gasteiger partial charge in [-0.2, -0.15) is 0 Å². The van der Waals surface area contributed by atoms with Crippen LogP contribution in [-0.2, 0) is 9.63 Å². The van der Waals surface area contributed by atoms with Gasteiger partial charge in [0, 0.05) is 5.41 Å². The molecule has 0 amide bonds. The quantitative estimate of drug-likeness (QED) is 0.735. The Kier molecular flexibility index (Phi) is 4.30. The van der Waals surface area contributed by atoms with E-state index in [0.717, 1.165) is 32.1 Å². The SMILES string of the molecule is C[C@]12C=C/C(=N\OCC(=O)O)C=C1CCC1C2CC[C@@]2(C)C1CC[C@]2(C)O. The molecule has 6 atom stereocenters. The average molecular weight is 373 g/mol. The normalized spacial score (nSPS) is 47.0. The highest BCUT2D eigenvalue weighted by atomic mass is 16.6. The fourth-order valence-electron chi connectivity index (χ4n) is 6.67. The van der Waals surface area contributed by atoms with E-state index in [0.29, 0.717) is 23.5 Å². The molecule has 0 aromatic carbocycles. The van der Waals surface area contributed by atoms with Gasteiger partial charge in [-0.05, 0) is 80.8 Å². The zero-order chi connectivity index (χ0) is 19.4. The number of nitrogens with zero attached hydrogens (tertiary/aromatic N) is 1. The molecule has 0 spiro atoms. The summed E-state index contributed by atoms with van der Waals surface area (Å²) in [5.74, 6) is 0.843. The van der Waals surface area contributed by atoms with Crippen molar-refractivity contribution in [1.29, 1.82) is 0 Å². The predicted octanol–water partition coefficient (Wildman–Crippen LogP) is 3.93. The molecule has 4 aliphatic rings. The predicted molar refractivity (Wildman–Crippen MR) is 103 cm³/mol. The molecular formula is C22H31NO4. The van der Waals surface area contributed by atoms with Crippen LogP contribution in [0.5, 0.6) is 0 Å². The van der Waals surface area contributed by atoms with Gasteiger partial charge in [-0.1, -0.05) is 30.7 Å². The number of aliphatic hydroxyl groups is 1. The number of carbonyl (C=O) groups is 1. The van der Waals surface area contributed by atoms with Crippen molar-refractivity contribution in [2.75, 3.05) is 6.61 Å². The van der Waals surface area contributed by atoms with Crippen LogP contribution in [-0.4, -0.2) is 34.1 Å². The average Bonchev–Trinajstić information content (AvgIpc) is 2.84. The van der Waals surface area contributed by atoms with Gasteiger partial charge >= 0.3 is 5.97 Å². The van der Waals surface area contributed by atoms with Crippen molar-refractivity contribution in [1.82, 2.24) is 0 Å². The molecule has 27 heavy (non-hydrogen) atoms. The third-order valence-electron chi connectivity index (χ3n) is 8.49. The lowest BCUT2D eigenvalue weighted by Gasteiger charge is -2.58. The molecule has 0 bridgehead atoms. The summed E-state index contributed by atoms with van der Waals surface area (Å²) in [6.07, 6.45) is 12.8. The molecule has 4 rings (SSSR count). The highest BCUT2D eigenvalue weighted by molar-refractivity contribution is 6.05. The first-order valence-corrected chi connectivity index (χ1v) is 10.2. The van der Waals surface area contributed by atoms with Gasteiger partial charge in [0.2, 0.25) is 6.61 Å². The van der Waals surface area contributed by atoms with Crippen molar-refractivity contribution in [2.45, 2.75) is 64.9 Å². The van der Waals surface area contributed by atoms with Crippen molar-refractivity contribution >= 4 is 11.7 Å².